The summed E-state index contributed by atoms with van der Waals surface area (Å²) in [6.45, 7) is 4.52. The van der Waals surface area contributed by atoms with Crippen LogP contribution in [-0.2, 0) is 0 Å². The minimum absolute atomic E-state index is 0. The van der Waals surface area contributed by atoms with Gasteiger partial charge in [0, 0.05) is 0 Å². The first-order chi connectivity index (χ1) is 9.31. The third kappa shape index (κ3) is 22.9. The van der Waals surface area contributed by atoms with Gasteiger partial charge in [0.25, 0.3) is 0 Å². The molecule has 0 aliphatic heterocycles. The van der Waals surface area contributed by atoms with Gasteiger partial charge in [-0.2, -0.15) is 0 Å². The Balaban J connectivity index is -0.00000162. The quantitative estimate of drug-likeness (QED) is 0.315. The van der Waals surface area contributed by atoms with Crippen LogP contribution in [0.25, 0.3) is 0 Å². The van der Waals surface area contributed by atoms with Crippen molar-refractivity contribution in [2.45, 2.75) is 116 Å². The Kier molecular flexibility index (Phi) is 28.7. The van der Waals surface area contributed by atoms with Gasteiger partial charge in [0.05, 0.1) is 6.10 Å². The molecule has 3 heteroatoms. The SMILES string of the molecule is CCCCCCCCCC(O)CCCCCCCC.Cl.Cl. The normalized spacial score (nSPS) is 11.6. The lowest BCUT2D eigenvalue weighted by atomic mass is 10.0. The fraction of sp³-hybridized carbons (Fsp3) is 1.00. The molecule has 0 aliphatic rings. The first-order valence-electron chi connectivity index (χ1n) is 8.99. The zero-order valence-electron chi connectivity index (χ0n) is 14.4. The molecule has 0 aliphatic carbocycles. The van der Waals surface area contributed by atoms with Crippen LogP contribution in [0.15, 0.2) is 0 Å². The topological polar surface area (TPSA) is 20.2 Å². The van der Waals surface area contributed by atoms with Crippen LogP contribution in [0.5, 0.6) is 0 Å². The van der Waals surface area contributed by atoms with Crippen molar-refractivity contribution in [1.29, 1.82) is 0 Å². The summed E-state index contributed by atoms with van der Waals surface area (Å²) in [7, 11) is 0. The molecule has 0 heterocycles. The number of halogens is 2. The highest BCUT2D eigenvalue weighted by atomic mass is 35.5. The molecule has 21 heavy (non-hydrogen) atoms. The average Bonchev–Trinajstić information content (AvgIpc) is 2.41. The van der Waals surface area contributed by atoms with E-state index in [0.29, 0.717) is 0 Å². The van der Waals surface area contributed by atoms with Gasteiger partial charge in [-0.1, -0.05) is 97.3 Å². The summed E-state index contributed by atoms with van der Waals surface area (Å²) in [5.74, 6) is 0. The van der Waals surface area contributed by atoms with Gasteiger partial charge in [-0.25, -0.2) is 0 Å². The second kappa shape index (κ2) is 22.8. The van der Waals surface area contributed by atoms with Gasteiger partial charge >= 0.3 is 0 Å². The second-order valence-corrected chi connectivity index (χ2v) is 6.12. The summed E-state index contributed by atoms with van der Waals surface area (Å²) in [6.07, 6.45) is 19.4. The fourth-order valence-corrected chi connectivity index (χ4v) is 2.64. The molecule has 0 spiro atoms. The highest BCUT2D eigenvalue weighted by Gasteiger charge is 2.03. The van der Waals surface area contributed by atoms with Crippen molar-refractivity contribution in [1.82, 2.24) is 0 Å². The molecule has 0 fully saturated rings. The van der Waals surface area contributed by atoms with Crippen molar-refractivity contribution in [2.24, 2.45) is 0 Å². The van der Waals surface area contributed by atoms with Crippen LogP contribution < -0.4 is 0 Å². The van der Waals surface area contributed by atoms with E-state index >= 15 is 0 Å². The molecule has 1 nitrogen and oxygen atoms in total. The van der Waals surface area contributed by atoms with E-state index in [4.69, 9.17) is 0 Å². The molecule has 132 valence electrons. The Morgan fingerprint density at radius 1 is 0.524 bits per heavy atom. The highest BCUT2D eigenvalue weighted by Crippen LogP contribution is 2.14. The number of hydrogen-bond acceptors (Lipinski definition) is 1. The van der Waals surface area contributed by atoms with Crippen molar-refractivity contribution >= 4 is 24.8 Å². The summed E-state index contributed by atoms with van der Waals surface area (Å²) in [5, 5.41) is 9.89. The molecule has 1 N–H and O–H groups in total. The van der Waals surface area contributed by atoms with Crippen LogP contribution in [0.2, 0.25) is 0 Å². The Morgan fingerprint density at radius 2 is 0.810 bits per heavy atom. The molecule has 0 aromatic rings. The van der Waals surface area contributed by atoms with Crippen LogP contribution in [0.1, 0.15) is 110 Å². The number of aliphatic hydroxyl groups is 1. The van der Waals surface area contributed by atoms with Gasteiger partial charge in [0.1, 0.15) is 0 Å². The third-order valence-electron chi connectivity index (χ3n) is 4.03. The summed E-state index contributed by atoms with van der Waals surface area (Å²) in [5.41, 5.74) is 0. The van der Waals surface area contributed by atoms with E-state index in [9.17, 15) is 5.11 Å². The number of aliphatic hydroxyl groups excluding tert-OH is 1. The van der Waals surface area contributed by atoms with Crippen molar-refractivity contribution in [3.05, 3.63) is 0 Å². The first-order valence-corrected chi connectivity index (χ1v) is 8.99. The Hall–Kier alpha value is 0.540. The highest BCUT2D eigenvalue weighted by molar-refractivity contribution is 5.85. The van der Waals surface area contributed by atoms with Gasteiger partial charge in [-0.05, 0) is 12.8 Å². The maximum absolute atomic E-state index is 9.89. The summed E-state index contributed by atoms with van der Waals surface area (Å²) >= 11 is 0. The maximum atomic E-state index is 9.89. The monoisotopic (exact) mass is 342 g/mol. The van der Waals surface area contributed by atoms with Gasteiger partial charge in [-0.3, -0.25) is 0 Å². The summed E-state index contributed by atoms with van der Waals surface area (Å²) in [6, 6.07) is 0. The van der Waals surface area contributed by atoms with Crippen LogP contribution >= 0.6 is 24.8 Å². The van der Waals surface area contributed by atoms with Gasteiger partial charge in [-0.15, -0.1) is 24.8 Å². The number of unbranched alkanes of at least 4 members (excludes halogenated alkanes) is 11. The largest absolute Gasteiger partial charge is 0.393 e. The van der Waals surface area contributed by atoms with Gasteiger partial charge < -0.3 is 5.11 Å². The number of rotatable bonds is 15. The van der Waals surface area contributed by atoms with Crippen LogP contribution in [0, 0.1) is 0 Å². The molecule has 1 unspecified atom stereocenters. The summed E-state index contributed by atoms with van der Waals surface area (Å²) < 4.78 is 0. The molecule has 0 radical (unpaired) electrons. The van der Waals surface area contributed by atoms with Crippen molar-refractivity contribution in [3.8, 4) is 0 Å². The van der Waals surface area contributed by atoms with E-state index in [1.165, 1.54) is 83.5 Å². The predicted octanol–water partition coefficient (Wildman–Crippen LogP) is 7.08. The van der Waals surface area contributed by atoms with Crippen LogP contribution in [-0.4, -0.2) is 11.2 Å². The smallest absolute Gasteiger partial charge is 0.0540 e. The Labute approximate surface area is 146 Å². The van der Waals surface area contributed by atoms with Crippen molar-refractivity contribution in [2.75, 3.05) is 0 Å². The number of hydrogen-bond donors (Lipinski definition) is 1. The van der Waals surface area contributed by atoms with E-state index in [1.807, 2.05) is 0 Å². The molecule has 0 aromatic heterocycles. The van der Waals surface area contributed by atoms with Crippen molar-refractivity contribution < 1.29 is 5.11 Å². The second-order valence-electron chi connectivity index (χ2n) is 6.12. The Bertz CT molecular complexity index is 165. The lowest BCUT2D eigenvalue weighted by Gasteiger charge is -2.10. The van der Waals surface area contributed by atoms with E-state index in [2.05, 4.69) is 13.8 Å². The Morgan fingerprint density at radius 3 is 1.14 bits per heavy atom. The average molecular weight is 343 g/mol. The van der Waals surface area contributed by atoms with E-state index in [0.717, 1.165) is 12.8 Å². The molecule has 0 rings (SSSR count). The zero-order valence-corrected chi connectivity index (χ0v) is 16.1. The molecular formula is C18H40Cl2O. The minimum atomic E-state index is -0.0261. The lowest BCUT2D eigenvalue weighted by molar-refractivity contribution is 0.147. The summed E-state index contributed by atoms with van der Waals surface area (Å²) in [4.78, 5) is 0. The minimum Gasteiger partial charge on any atom is -0.393 e. The van der Waals surface area contributed by atoms with E-state index in [-0.39, 0.29) is 30.9 Å². The maximum Gasteiger partial charge on any atom is 0.0540 e. The van der Waals surface area contributed by atoms with Gasteiger partial charge in [0.2, 0.25) is 0 Å². The first kappa shape index (κ1) is 26.4. The van der Waals surface area contributed by atoms with Crippen LogP contribution in [0.4, 0.5) is 0 Å². The van der Waals surface area contributed by atoms with Crippen molar-refractivity contribution in [3.63, 3.8) is 0 Å². The third-order valence-corrected chi connectivity index (χ3v) is 4.03. The van der Waals surface area contributed by atoms with Gasteiger partial charge in [0.15, 0.2) is 0 Å². The molecule has 0 aromatic carbocycles. The lowest BCUT2D eigenvalue weighted by Crippen LogP contribution is -2.05. The van der Waals surface area contributed by atoms with Crippen LogP contribution in [0.3, 0.4) is 0 Å². The molecule has 0 amide bonds. The molecule has 0 saturated heterocycles. The fourth-order valence-electron chi connectivity index (χ4n) is 2.64. The van der Waals surface area contributed by atoms with E-state index < -0.39 is 0 Å². The van der Waals surface area contributed by atoms with E-state index in [1.54, 1.807) is 0 Å². The zero-order chi connectivity index (χ0) is 14.2. The predicted molar refractivity (Wildman–Crippen MR) is 101 cm³/mol. The molecule has 1 atom stereocenters. The molecular weight excluding hydrogens is 303 g/mol. The molecule has 0 saturated carbocycles. The molecule has 0 bridgehead atoms. The standard InChI is InChI=1S/C18H38O.2ClH/c1-3-5-7-9-11-13-15-17-18(19)16-14-12-10-8-6-4-2;;/h18-19H,3-17H2,1-2H3;2*1H.